The van der Waals surface area contributed by atoms with Gasteiger partial charge in [-0.15, -0.1) is 0 Å². The maximum atomic E-state index is 12.6. The quantitative estimate of drug-likeness (QED) is 0.879. The summed E-state index contributed by atoms with van der Waals surface area (Å²) in [6.07, 6.45) is -4.41. The van der Waals surface area contributed by atoms with Crippen LogP contribution in [-0.2, 0) is 6.18 Å². The summed E-state index contributed by atoms with van der Waals surface area (Å²) < 4.78 is 37.7. The average Bonchev–Trinajstić information content (AvgIpc) is 2.14. The zero-order chi connectivity index (χ0) is 13.3. The normalized spacial score (nSPS) is 12.6. The molecule has 2 nitrogen and oxygen atoms in total. The molecule has 0 spiro atoms. The molecular formula is C11H14ClF3N2. The Hall–Kier alpha value is -0.940. The molecule has 0 aliphatic rings. The lowest BCUT2D eigenvalue weighted by atomic mass is 10.1. The van der Waals surface area contributed by atoms with E-state index in [1.54, 1.807) is 13.8 Å². The van der Waals surface area contributed by atoms with Crippen LogP contribution in [0.5, 0.6) is 0 Å². The smallest absolute Gasteiger partial charge is 0.379 e. The lowest BCUT2D eigenvalue weighted by Crippen LogP contribution is -2.39. The van der Waals surface area contributed by atoms with Gasteiger partial charge in [-0.05, 0) is 32.0 Å². The zero-order valence-electron chi connectivity index (χ0n) is 9.53. The molecule has 0 radical (unpaired) electrons. The van der Waals surface area contributed by atoms with Crippen molar-refractivity contribution in [1.29, 1.82) is 0 Å². The highest BCUT2D eigenvalue weighted by molar-refractivity contribution is 6.30. The fourth-order valence-corrected chi connectivity index (χ4v) is 1.50. The molecule has 6 heteroatoms. The van der Waals surface area contributed by atoms with Gasteiger partial charge in [-0.3, -0.25) is 0 Å². The molecule has 17 heavy (non-hydrogen) atoms. The van der Waals surface area contributed by atoms with E-state index in [0.717, 1.165) is 12.1 Å². The summed E-state index contributed by atoms with van der Waals surface area (Å²) in [6.45, 7) is 3.88. The monoisotopic (exact) mass is 266 g/mol. The van der Waals surface area contributed by atoms with Gasteiger partial charge >= 0.3 is 6.18 Å². The van der Waals surface area contributed by atoms with E-state index in [4.69, 9.17) is 17.3 Å². The third-order valence-electron chi connectivity index (χ3n) is 2.22. The van der Waals surface area contributed by atoms with E-state index in [0.29, 0.717) is 12.2 Å². The van der Waals surface area contributed by atoms with Gasteiger partial charge in [0.05, 0.1) is 5.56 Å². The minimum absolute atomic E-state index is 0.0372. The highest BCUT2D eigenvalue weighted by Crippen LogP contribution is 2.33. The lowest BCUT2D eigenvalue weighted by Gasteiger charge is -2.26. The molecule has 0 saturated carbocycles. The minimum Gasteiger partial charge on any atom is -0.379 e. The number of nitrogens with two attached hydrogens (primary N) is 1. The van der Waals surface area contributed by atoms with Crippen LogP contribution in [0.15, 0.2) is 18.2 Å². The fraction of sp³-hybridized carbons (Fsp3) is 0.455. The molecule has 3 N–H and O–H groups in total. The third-order valence-corrected chi connectivity index (χ3v) is 2.44. The first kappa shape index (κ1) is 14.1. The Labute approximate surface area is 103 Å². The third kappa shape index (κ3) is 4.09. The molecule has 0 aromatic heterocycles. The molecule has 1 aromatic carbocycles. The molecule has 1 rings (SSSR count). The van der Waals surface area contributed by atoms with Crippen molar-refractivity contribution in [2.24, 2.45) is 5.73 Å². The number of halogens is 4. The van der Waals surface area contributed by atoms with Crippen molar-refractivity contribution in [2.45, 2.75) is 25.6 Å². The van der Waals surface area contributed by atoms with Crippen molar-refractivity contribution < 1.29 is 13.2 Å². The van der Waals surface area contributed by atoms with E-state index in [1.807, 2.05) is 0 Å². The van der Waals surface area contributed by atoms with E-state index in [-0.39, 0.29) is 5.02 Å². The molecule has 96 valence electrons. The van der Waals surface area contributed by atoms with Crippen molar-refractivity contribution in [3.8, 4) is 0 Å². The van der Waals surface area contributed by atoms with E-state index in [2.05, 4.69) is 5.32 Å². The maximum Gasteiger partial charge on any atom is 0.416 e. The Balaban J connectivity index is 3.06. The zero-order valence-corrected chi connectivity index (χ0v) is 10.3. The Morgan fingerprint density at radius 3 is 2.29 bits per heavy atom. The molecule has 0 fully saturated rings. The molecule has 0 aliphatic heterocycles. The Kier molecular flexibility index (Phi) is 3.94. The molecule has 0 amide bonds. The van der Waals surface area contributed by atoms with Crippen molar-refractivity contribution in [3.05, 3.63) is 28.8 Å². The molecule has 0 heterocycles. The van der Waals surface area contributed by atoms with Gasteiger partial charge in [-0.25, -0.2) is 0 Å². The van der Waals surface area contributed by atoms with Gasteiger partial charge in [0.1, 0.15) is 0 Å². The van der Waals surface area contributed by atoms with Crippen LogP contribution in [0.3, 0.4) is 0 Å². The van der Waals surface area contributed by atoms with Crippen LogP contribution in [0.1, 0.15) is 19.4 Å². The SMILES string of the molecule is CC(C)(CN)Nc1cc(Cl)cc(C(F)(F)F)c1. The molecule has 0 saturated heterocycles. The highest BCUT2D eigenvalue weighted by atomic mass is 35.5. The summed E-state index contributed by atoms with van der Waals surface area (Å²) >= 11 is 5.66. The van der Waals surface area contributed by atoms with E-state index in [1.165, 1.54) is 6.07 Å². The number of hydrogen-bond donors (Lipinski definition) is 2. The van der Waals surface area contributed by atoms with Gasteiger partial charge < -0.3 is 11.1 Å². The Bertz CT molecular complexity index is 402. The summed E-state index contributed by atoms with van der Waals surface area (Å²) in [5.74, 6) is 0. The maximum absolute atomic E-state index is 12.6. The highest BCUT2D eigenvalue weighted by Gasteiger charge is 2.31. The number of alkyl halides is 3. The number of hydrogen-bond acceptors (Lipinski definition) is 2. The van der Waals surface area contributed by atoms with Crippen LogP contribution in [0, 0.1) is 0 Å². The van der Waals surface area contributed by atoms with Gasteiger partial charge in [0.2, 0.25) is 0 Å². The van der Waals surface area contributed by atoms with E-state index in [9.17, 15) is 13.2 Å². The molecule has 0 atom stereocenters. The van der Waals surface area contributed by atoms with Crippen LogP contribution < -0.4 is 11.1 Å². The van der Waals surface area contributed by atoms with Gasteiger partial charge in [-0.2, -0.15) is 13.2 Å². The first-order chi connectivity index (χ1) is 7.64. The van der Waals surface area contributed by atoms with Crippen LogP contribution >= 0.6 is 11.6 Å². The topological polar surface area (TPSA) is 38.0 Å². The van der Waals surface area contributed by atoms with E-state index < -0.39 is 17.3 Å². The van der Waals surface area contributed by atoms with Crippen molar-refractivity contribution in [3.63, 3.8) is 0 Å². The van der Waals surface area contributed by atoms with Gasteiger partial charge in [0.15, 0.2) is 0 Å². The predicted molar refractivity (Wildman–Crippen MR) is 63.2 cm³/mol. The van der Waals surface area contributed by atoms with E-state index >= 15 is 0 Å². The molecule has 0 bridgehead atoms. The average molecular weight is 267 g/mol. The van der Waals surface area contributed by atoms with Gasteiger partial charge in [0, 0.05) is 22.8 Å². The van der Waals surface area contributed by atoms with Crippen molar-refractivity contribution >= 4 is 17.3 Å². The number of rotatable bonds is 3. The van der Waals surface area contributed by atoms with Crippen LogP contribution in [-0.4, -0.2) is 12.1 Å². The number of benzene rings is 1. The second-order valence-corrected chi connectivity index (χ2v) is 4.88. The second-order valence-electron chi connectivity index (χ2n) is 4.44. The lowest BCUT2D eigenvalue weighted by molar-refractivity contribution is -0.137. The first-order valence-corrected chi connectivity index (χ1v) is 5.38. The largest absolute Gasteiger partial charge is 0.416 e. The van der Waals surface area contributed by atoms with Gasteiger partial charge in [0.25, 0.3) is 0 Å². The molecule has 0 aliphatic carbocycles. The summed E-state index contributed by atoms with van der Waals surface area (Å²) in [5.41, 5.74) is 4.53. The predicted octanol–water partition coefficient (Wildman–Crippen LogP) is 3.51. The summed E-state index contributed by atoms with van der Waals surface area (Å²) in [5, 5.41) is 2.95. The van der Waals surface area contributed by atoms with Gasteiger partial charge in [-0.1, -0.05) is 11.6 Å². The fourth-order valence-electron chi connectivity index (χ4n) is 1.27. The standard InChI is InChI=1S/C11H14ClF3N2/c1-10(2,6-16)17-9-4-7(11(13,14)15)3-8(12)5-9/h3-5,17H,6,16H2,1-2H3. The molecular weight excluding hydrogens is 253 g/mol. The number of nitrogens with one attached hydrogen (secondary N) is 1. The van der Waals surface area contributed by atoms with Crippen LogP contribution in [0.4, 0.5) is 18.9 Å². The Morgan fingerprint density at radius 2 is 1.82 bits per heavy atom. The second kappa shape index (κ2) is 4.74. The first-order valence-electron chi connectivity index (χ1n) is 5.00. The summed E-state index contributed by atoms with van der Waals surface area (Å²) in [4.78, 5) is 0. The van der Waals surface area contributed by atoms with Crippen LogP contribution in [0.2, 0.25) is 5.02 Å². The van der Waals surface area contributed by atoms with Crippen molar-refractivity contribution in [1.82, 2.24) is 0 Å². The molecule has 1 aromatic rings. The Morgan fingerprint density at radius 1 is 1.24 bits per heavy atom. The summed E-state index contributed by atoms with van der Waals surface area (Å²) in [6, 6.07) is 3.35. The number of anilines is 1. The van der Waals surface area contributed by atoms with Crippen molar-refractivity contribution in [2.75, 3.05) is 11.9 Å². The molecule has 0 unspecified atom stereocenters. The van der Waals surface area contributed by atoms with Crippen LogP contribution in [0.25, 0.3) is 0 Å². The summed E-state index contributed by atoms with van der Waals surface area (Å²) in [7, 11) is 0. The minimum atomic E-state index is -4.41.